The Morgan fingerprint density at radius 1 is 1.15 bits per heavy atom. The maximum atomic E-state index is 11.4. The highest BCUT2D eigenvalue weighted by Gasteiger charge is 2.42. The first-order valence-electron chi connectivity index (χ1n) is 6.45. The van der Waals surface area contributed by atoms with Gasteiger partial charge in [0.1, 0.15) is 0 Å². The zero-order chi connectivity index (χ0) is 14.8. The third-order valence-electron chi connectivity index (χ3n) is 3.71. The Morgan fingerprint density at radius 2 is 1.80 bits per heavy atom. The van der Waals surface area contributed by atoms with Crippen molar-refractivity contribution in [3.8, 4) is 0 Å². The summed E-state index contributed by atoms with van der Waals surface area (Å²) in [6.07, 6.45) is -1.52. The molecule has 1 aliphatic rings. The number of carbonyl (C=O) groups is 2. The summed E-state index contributed by atoms with van der Waals surface area (Å²) in [7, 11) is 0. The normalized spacial score (nSPS) is 22.6. The third-order valence-corrected chi connectivity index (χ3v) is 3.71. The second-order valence-electron chi connectivity index (χ2n) is 5.30. The molecule has 6 nitrogen and oxygen atoms in total. The molecule has 0 aliphatic carbocycles. The molecule has 1 saturated heterocycles. The number of benzene rings is 1. The van der Waals surface area contributed by atoms with E-state index in [1.165, 1.54) is 9.80 Å². The lowest BCUT2D eigenvalue weighted by Crippen LogP contribution is -2.64. The lowest BCUT2D eigenvalue weighted by molar-refractivity contribution is 0.0190. The second kappa shape index (κ2) is 5.40. The van der Waals surface area contributed by atoms with E-state index in [4.69, 9.17) is 5.11 Å². The Bertz CT molecular complexity index is 505. The number of carboxylic acid groups (broad SMARTS) is 2. The van der Waals surface area contributed by atoms with Crippen LogP contribution in [0.3, 0.4) is 0 Å². The molecule has 2 rings (SSSR count). The first-order chi connectivity index (χ1) is 9.42. The predicted molar refractivity (Wildman–Crippen MR) is 72.9 cm³/mol. The summed E-state index contributed by atoms with van der Waals surface area (Å²) < 4.78 is 0. The Hall–Kier alpha value is -2.24. The molecule has 1 unspecified atom stereocenters. The highest BCUT2D eigenvalue weighted by Crippen LogP contribution is 2.26. The zero-order valence-corrected chi connectivity index (χ0v) is 11.3. The molecule has 1 heterocycles. The van der Waals surface area contributed by atoms with Crippen LogP contribution >= 0.6 is 0 Å². The summed E-state index contributed by atoms with van der Waals surface area (Å²) >= 11 is 0. The van der Waals surface area contributed by atoms with E-state index in [9.17, 15) is 14.7 Å². The number of hydrogen-bond acceptors (Lipinski definition) is 2. The maximum Gasteiger partial charge on any atom is 0.407 e. The topological polar surface area (TPSA) is 81.1 Å². The Kier molecular flexibility index (Phi) is 3.83. The minimum atomic E-state index is -1.01. The molecule has 0 saturated carbocycles. The van der Waals surface area contributed by atoms with Crippen molar-refractivity contribution >= 4 is 12.2 Å². The summed E-state index contributed by atoms with van der Waals surface area (Å²) in [5.41, 5.74) is 0.248. The van der Waals surface area contributed by atoms with Crippen LogP contribution in [0.1, 0.15) is 12.5 Å². The quantitative estimate of drug-likeness (QED) is 0.866. The fourth-order valence-electron chi connectivity index (χ4n) is 2.74. The van der Waals surface area contributed by atoms with E-state index in [1.807, 2.05) is 30.3 Å². The van der Waals surface area contributed by atoms with Crippen molar-refractivity contribution in [1.29, 1.82) is 0 Å². The lowest BCUT2D eigenvalue weighted by atomic mass is 9.88. The molecule has 0 radical (unpaired) electrons. The highest BCUT2D eigenvalue weighted by molar-refractivity contribution is 5.69. The summed E-state index contributed by atoms with van der Waals surface area (Å²) in [5.74, 6) is 0. The van der Waals surface area contributed by atoms with Gasteiger partial charge in [-0.3, -0.25) is 4.90 Å². The minimum Gasteiger partial charge on any atom is -0.465 e. The average molecular weight is 278 g/mol. The predicted octanol–water partition coefficient (Wildman–Crippen LogP) is 1.96. The largest absolute Gasteiger partial charge is 0.465 e. The molecule has 2 N–H and O–H groups in total. The molecule has 1 aliphatic heterocycles. The lowest BCUT2D eigenvalue weighted by Gasteiger charge is -2.47. The van der Waals surface area contributed by atoms with Gasteiger partial charge in [0.05, 0.1) is 5.54 Å². The van der Waals surface area contributed by atoms with E-state index in [0.717, 1.165) is 5.56 Å². The zero-order valence-electron chi connectivity index (χ0n) is 11.3. The average Bonchev–Trinajstić information content (AvgIpc) is 2.38. The highest BCUT2D eigenvalue weighted by atomic mass is 16.4. The summed E-state index contributed by atoms with van der Waals surface area (Å²) in [6.45, 7) is 2.39. The first kappa shape index (κ1) is 14.2. The van der Waals surface area contributed by atoms with Gasteiger partial charge >= 0.3 is 12.2 Å². The van der Waals surface area contributed by atoms with Crippen LogP contribution in [0, 0.1) is 0 Å². The van der Waals surface area contributed by atoms with E-state index in [0.29, 0.717) is 6.42 Å². The van der Waals surface area contributed by atoms with Crippen molar-refractivity contribution in [3.05, 3.63) is 35.9 Å². The van der Waals surface area contributed by atoms with Gasteiger partial charge in [0, 0.05) is 19.6 Å². The van der Waals surface area contributed by atoms with Gasteiger partial charge < -0.3 is 15.1 Å². The number of amides is 2. The van der Waals surface area contributed by atoms with Crippen LogP contribution in [0.15, 0.2) is 30.3 Å². The van der Waals surface area contributed by atoms with E-state index in [1.54, 1.807) is 6.92 Å². The Morgan fingerprint density at radius 3 is 2.35 bits per heavy atom. The molecule has 20 heavy (non-hydrogen) atoms. The van der Waals surface area contributed by atoms with Crippen LogP contribution in [0.2, 0.25) is 0 Å². The minimum absolute atomic E-state index is 0.184. The van der Waals surface area contributed by atoms with Crippen molar-refractivity contribution in [1.82, 2.24) is 9.80 Å². The summed E-state index contributed by atoms with van der Waals surface area (Å²) in [4.78, 5) is 25.2. The Balaban J connectivity index is 2.25. The molecular formula is C14H18N2O4. The molecule has 0 spiro atoms. The number of piperazine rings is 1. The standard InChI is InChI=1S/C14H18N2O4/c1-14(9-11-5-3-2-4-6-11)10-15(12(17)18)7-8-16(14)13(19)20/h2-6H,7-10H2,1H3,(H,17,18)(H,19,20). The summed E-state index contributed by atoms with van der Waals surface area (Å²) in [5, 5.41) is 18.5. The van der Waals surface area contributed by atoms with Gasteiger partial charge in [0.25, 0.3) is 0 Å². The van der Waals surface area contributed by atoms with Gasteiger partial charge in [-0.25, -0.2) is 9.59 Å². The first-order valence-corrected chi connectivity index (χ1v) is 6.45. The molecule has 1 atom stereocenters. The van der Waals surface area contributed by atoms with Crippen LogP contribution in [0.5, 0.6) is 0 Å². The van der Waals surface area contributed by atoms with Crippen LogP contribution in [-0.2, 0) is 6.42 Å². The van der Waals surface area contributed by atoms with Crippen molar-refractivity contribution < 1.29 is 19.8 Å². The van der Waals surface area contributed by atoms with Gasteiger partial charge in [-0.05, 0) is 18.9 Å². The number of hydrogen-bond donors (Lipinski definition) is 2. The van der Waals surface area contributed by atoms with E-state index in [-0.39, 0.29) is 19.6 Å². The van der Waals surface area contributed by atoms with E-state index < -0.39 is 17.7 Å². The van der Waals surface area contributed by atoms with Crippen molar-refractivity contribution in [2.45, 2.75) is 18.9 Å². The van der Waals surface area contributed by atoms with Crippen LogP contribution < -0.4 is 0 Å². The van der Waals surface area contributed by atoms with Gasteiger partial charge in [0.15, 0.2) is 0 Å². The monoisotopic (exact) mass is 278 g/mol. The SMILES string of the molecule is CC1(Cc2ccccc2)CN(C(=O)O)CCN1C(=O)O. The molecule has 1 fully saturated rings. The number of nitrogens with zero attached hydrogens (tertiary/aromatic N) is 2. The molecule has 1 aromatic carbocycles. The van der Waals surface area contributed by atoms with Crippen molar-refractivity contribution in [3.63, 3.8) is 0 Å². The second-order valence-corrected chi connectivity index (χ2v) is 5.30. The van der Waals surface area contributed by atoms with Gasteiger partial charge in [-0.1, -0.05) is 30.3 Å². The fourth-order valence-corrected chi connectivity index (χ4v) is 2.74. The van der Waals surface area contributed by atoms with Gasteiger partial charge in [0.2, 0.25) is 0 Å². The molecule has 1 aromatic rings. The smallest absolute Gasteiger partial charge is 0.407 e. The van der Waals surface area contributed by atoms with Gasteiger partial charge in [-0.15, -0.1) is 0 Å². The summed E-state index contributed by atoms with van der Waals surface area (Å²) in [6, 6.07) is 9.52. The Labute approximate surface area is 117 Å². The number of rotatable bonds is 2. The van der Waals surface area contributed by atoms with Crippen LogP contribution in [0.25, 0.3) is 0 Å². The van der Waals surface area contributed by atoms with Crippen molar-refractivity contribution in [2.24, 2.45) is 0 Å². The van der Waals surface area contributed by atoms with Crippen LogP contribution in [0.4, 0.5) is 9.59 Å². The molecular weight excluding hydrogens is 260 g/mol. The van der Waals surface area contributed by atoms with E-state index in [2.05, 4.69) is 0 Å². The molecule has 0 bridgehead atoms. The van der Waals surface area contributed by atoms with E-state index >= 15 is 0 Å². The van der Waals surface area contributed by atoms with Gasteiger partial charge in [-0.2, -0.15) is 0 Å². The third kappa shape index (κ3) is 2.84. The fraction of sp³-hybridized carbons (Fsp3) is 0.429. The molecule has 6 heteroatoms. The maximum absolute atomic E-state index is 11.4. The van der Waals surface area contributed by atoms with Crippen LogP contribution in [-0.4, -0.2) is 57.4 Å². The van der Waals surface area contributed by atoms with Crippen molar-refractivity contribution in [2.75, 3.05) is 19.6 Å². The molecule has 108 valence electrons. The molecule has 0 aromatic heterocycles. The molecule has 2 amide bonds.